The molecule has 424 valence electrons. The zero-order chi connectivity index (χ0) is 57.6. The molecule has 0 amide bonds. The third-order valence-corrected chi connectivity index (χ3v) is 21.0. The first-order valence-electron chi connectivity index (χ1n) is 23.0. The molecule has 0 radical (unpaired) electrons. The number of carbonyl (C=O) groups excluding carboxylic acids is 1. The Morgan fingerprint density at radius 1 is 0.463 bits per heavy atom. The zero-order valence-corrected chi connectivity index (χ0v) is 47.0. The number of fused-ring (bicyclic) bond motifs is 20. The van der Waals surface area contributed by atoms with E-state index in [1.54, 1.807) is 18.2 Å². The predicted octanol–water partition coefficient (Wildman–Crippen LogP) is 5.03. The van der Waals surface area contributed by atoms with E-state index < -0.39 is 120 Å². The van der Waals surface area contributed by atoms with Crippen molar-refractivity contribution in [1.29, 1.82) is 0 Å². The van der Waals surface area contributed by atoms with Crippen molar-refractivity contribution in [3.8, 4) is 45.6 Å². The maximum Gasteiger partial charge on any atom is 0.319 e. The lowest BCUT2D eigenvalue weighted by molar-refractivity contribution is -0.432. The fourth-order valence-corrected chi connectivity index (χ4v) is 15.3. The van der Waals surface area contributed by atoms with Gasteiger partial charge in [0.1, 0.15) is 22.6 Å². The summed E-state index contributed by atoms with van der Waals surface area (Å²) < 4.78 is 189. The van der Waals surface area contributed by atoms with Crippen molar-refractivity contribution < 1.29 is 87.8 Å². The second kappa shape index (κ2) is 22.7. The van der Waals surface area contributed by atoms with Crippen LogP contribution in [-0.4, -0.2) is 156 Å². The predicted molar refractivity (Wildman–Crippen MR) is 289 cm³/mol. The second-order valence-corrected chi connectivity index (χ2v) is 30.2. The summed E-state index contributed by atoms with van der Waals surface area (Å²) >= 11 is 1.33. The summed E-state index contributed by atoms with van der Waals surface area (Å²) in [6, 6.07) is 16.3. The Hall–Kier alpha value is -6.13. The van der Waals surface area contributed by atoms with Crippen molar-refractivity contribution >= 4 is 134 Å². The summed E-state index contributed by atoms with van der Waals surface area (Å²) in [5.41, 5.74) is 0.586. The minimum absolute atomic E-state index is 0.0377. The molecule has 0 aliphatic carbocycles. The molecule has 2 aliphatic rings. The summed E-state index contributed by atoms with van der Waals surface area (Å²) in [6.07, 6.45) is -1.52. The van der Waals surface area contributed by atoms with Crippen molar-refractivity contribution in [2.75, 3.05) is 40.3 Å². The van der Waals surface area contributed by atoms with Crippen LogP contribution < -0.4 is 0 Å². The number of sulfone groups is 3. The second-order valence-electron chi connectivity index (χ2n) is 17.6. The van der Waals surface area contributed by atoms with Crippen LogP contribution in [0.3, 0.4) is 0 Å². The van der Waals surface area contributed by atoms with Gasteiger partial charge < -0.3 is 14.2 Å². The highest BCUT2D eigenvalue weighted by Crippen LogP contribution is 2.40. The Labute approximate surface area is 462 Å². The molecular weight excluding hydrogens is 1220 g/mol. The molecule has 0 unspecified atom stereocenters. The molecule has 2 aliphatic heterocycles. The standard InChI is InChI=1S/C44H40N8O20S8/c53-36(12-13-73-72-71-54)70-74-24-4-8-28-32(20-24)41-45-37(28)47-42-34-22-26(76(57,58)15-2-18-79(64,65)66)6-10-30(34)39(49-42)51-44-35-23-27(77(59,60)16-3-19-80(67,68)69)7-11-31(35)40(52-44)50-43-33-21-25(5-9-29(33)38(46-41)48-43)75(55,56)14-1-17-78(61,62)63/h4-11,20-23,54H,1-3,12-19H2,(H,61,62,63)(H,64,65,66)(H,67,68,69)(H2,45,46,47,48,49,50,51,52). The van der Waals surface area contributed by atoms with Gasteiger partial charge >= 0.3 is 5.97 Å². The number of hydrogen-bond acceptors (Lipinski definition) is 25. The maximum atomic E-state index is 13.7. The van der Waals surface area contributed by atoms with Gasteiger partial charge in [-0.05, 0) is 92.1 Å². The smallest absolute Gasteiger partial charge is 0.319 e. The fourth-order valence-electron chi connectivity index (χ4n) is 8.31. The van der Waals surface area contributed by atoms with Gasteiger partial charge in [-0.3, -0.25) is 18.5 Å². The van der Waals surface area contributed by atoms with Gasteiger partial charge in [-0.15, -0.1) is 4.33 Å². The average molecular weight is 1260 g/mol. The largest absolute Gasteiger partial charge is 0.386 e. The SMILES string of the molecule is O=C(CCSOOO)OSc1ccc2c3nc4nc(nc5[nH]c(nc6nc(nc([nH]3)c2c1)-c1ccc(S(=O)(=O)CCCS(=O)(=O)O)cc1-6)c1ccc(S(=O)(=O)CCCS(=O)(=O)O)cc51)-c1ccc(S(=O)(=O)CCCS(=O)(=O)O)cc1-4. The maximum absolute atomic E-state index is 13.7. The number of benzene rings is 4. The van der Waals surface area contributed by atoms with E-state index in [1.165, 1.54) is 54.6 Å². The van der Waals surface area contributed by atoms with E-state index in [4.69, 9.17) is 39.3 Å². The molecule has 5 heterocycles. The van der Waals surface area contributed by atoms with Crippen molar-refractivity contribution in [1.82, 2.24) is 39.9 Å². The highest BCUT2D eigenvalue weighted by Gasteiger charge is 2.28. The minimum Gasteiger partial charge on any atom is -0.386 e. The lowest BCUT2D eigenvalue weighted by atomic mass is 10.1. The van der Waals surface area contributed by atoms with Gasteiger partial charge in [-0.25, -0.2) is 60.4 Å². The van der Waals surface area contributed by atoms with Gasteiger partial charge in [0, 0.05) is 66.5 Å². The van der Waals surface area contributed by atoms with Gasteiger partial charge in [-0.1, -0.05) is 5.04 Å². The van der Waals surface area contributed by atoms with E-state index in [1.807, 2.05) is 0 Å². The molecule has 0 saturated carbocycles. The van der Waals surface area contributed by atoms with E-state index in [0.29, 0.717) is 39.8 Å². The van der Waals surface area contributed by atoms with Gasteiger partial charge in [0.2, 0.25) is 0 Å². The summed E-state index contributed by atoms with van der Waals surface area (Å²) in [5.74, 6) is -5.68. The van der Waals surface area contributed by atoms with E-state index in [2.05, 4.69) is 19.3 Å². The molecule has 6 N–H and O–H groups in total. The zero-order valence-electron chi connectivity index (χ0n) is 40.5. The minimum atomic E-state index is -4.52. The molecule has 0 spiro atoms. The molecule has 28 nitrogen and oxygen atoms in total. The van der Waals surface area contributed by atoms with Crippen LogP contribution in [0.1, 0.15) is 25.7 Å². The van der Waals surface area contributed by atoms with Gasteiger partial charge in [0.15, 0.2) is 52.8 Å². The normalized spacial score (nSPS) is 13.2. The first-order chi connectivity index (χ1) is 37.6. The molecule has 0 atom stereocenters. The lowest BCUT2D eigenvalue weighted by Gasteiger charge is -2.06. The van der Waals surface area contributed by atoms with Crippen LogP contribution in [0, 0.1) is 0 Å². The average Bonchev–Trinajstić information content (AvgIpc) is 4.18. The Morgan fingerprint density at radius 3 is 1.29 bits per heavy atom. The molecule has 36 heteroatoms. The van der Waals surface area contributed by atoms with Crippen molar-refractivity contribution in [2.45, 2.75) is 45.3 Å². The first-order valence-corrected chi connectivity index (χ1v) is 34.4. The molecule has 0 saturated heterocycles. The Morgan fingerprint density at radius 2 is 0.850 bits per heavy atom. The molecule has 7 aromatic rings. The van der Waals surface area contributed by atoms with Crippen LogP contribution in [0.2, 0.25) is 0 Å². The van der Waals surface area contributed by atoms with Gasteiger partial charge in [0.05, 0.1) is 67.7 Å². The third-order valence-electron chi connectivity index (χ3n) is 11.9. The highest BCUT2D eigenvalue weighted by atomic mass is 32.2. The van der Waals surface area contributed by atoms with Gasteiger partial charge in [-0.2, -0.15) is 25.3 Å². The van der Waals surface area contributed by atoms with E-state index in [9.17, 15) is 69.0 Å². The molecule has 3 aromatic heterocycles. The summed E-state index contributed by atoms with van der Waals surface area (Å²) in [5, 5.41) is 12.9. The van der Waals surface area contributed by atoms with E-state index in [-0.39, 0.29) is 106 Å². The number of nitrogens with one attached hydrogen (secondary N) is 2. The van der Waals surface area contributed by atoms with Crippen molar-refractivity contribution in [2.24, 2.45) is 0 Å². The number of aromatic nitrogens is 8. The summed E-state index contributed by atoms with van der Waals surface area (Å²) in [7, 11) is -26.3. The highest BCUT2D eigenvalue weighted by molar-refractivity contribution is 7.95. The van der Waals surface area contributed by atoms with Gasteiger partial charge in [0.25, 0.3) is 30.4 Å². The first kappa shape index (κ1) is 58.5. The van der Waals surface area contributed by atoms with Crippen molar-refractivity contribution in [3.05, 3.63) is 72.8 Å². The fraction of sp³-hybridized carbons (Fsp3) is 0.250. The monoisotopic (exact) mass is 1260 g/mol. The molecular formula is C44H40N8O20S8. The van der Waals surface area contributed by atoms with Crippen molar-refractivity contribution in [3.63, 3.8) is 0 Å². The van der Waals surface area contributed by atoms with E-state index >= 15 is 0 Å². The molecule has 80 heavy (non-hydrogen) atoms. The third kappa shape index (κ3) is 13.6. The number of H-pyrrole nitrogens is 2. The topological polar surface area (TPSA) is 439 Å². The van der Waals surface area contributed by atoms with E-state index in [0.717, 1.165) is 0 Å². The Bertz CT molecular complexity index is 4500. The quantitative estimate of drug-likeness (QED) is 0.0170. The van der Waals surface area contributed by atoms with Crippen LogP contribution in [-0.2, 0) is 78.2 Å². The molecule has 0 fully saturated rings. The Kier molecular flexibility index (Phi) is 16.6. The van der Waals surface area contributed by atoms with Crippen LogP contribution in [0.25, 0.3) is 89.7 Å². The summed E-state index contributed by atoms with van der Waals surface area (Å²) in [6.45, 7) is 0. The van der Waals surface area contributed by atoms with Crippen LogP contribution in [0.15, 0.2) is 92.4 Å². The van der Waals surface area contributed by atoms with Crippen LogP contribution >= 0.6 is 24.1 Å². The lowest BCUT2D eigenvalue weighted by Crippen LogP contribution is -2.12. The number of nitrogens with zero attached hydrogens (tertiary/aromatic N) is 6. The number of hydrogen-bond donors (Lipinski definition) is 6. The number of carbonyl (C=O) groups is 1. The molecule has 4 aromatic carbocycles. The Balaban J connectivity index is 1.31. The summed E-state index contributed by atoms with van der Waals surface area (Å²) in [4.78, 5) is 47.1. The van der Waals surface area contributed by atoms with Crippen LogP contribution in [0.4, 0.5) is 0 Å². The number of aromatic amines is 2. The molecule has 8 bridgehead atoms. The van der Waals surface area contributed by atoms with Crippen LogP contribution in [0.5, 0.6) is 0 Å². The molecule has 9 rings (SSSR count). The number of rotatable bonds is 22.